The van der Waals surface area contributed by atoms with Crippen LogP contribution in [0.4, 0.5) is 0 Å². The Morgan fingerprint density at radius 1 is 0.967 bits per heavy atom. The molecule has 0 saturated heterocycles. The molecule has 0 N–H and O–H groups in total. The molecule has 6 heteroatoms. The Kier molecular flexibility index (Phi) is 15.4. The van der Waals surface area contributed by atoms with E-state index in [1.54, 1.807) is 0 Å². The zero-order valence-corrected chi connectivity index (χ0v) is 22.1. The van der Waals surface area contributed by atoms with E-state index in [0.717, 1.165) is 32.3 Å². The zero-order chi connectivity index (χ0) is 23.2. The fourth-order valence-corrected chi connectivity index (χ4v) is 3.82. The Morgan fingerprint density at radius 2 is 1.63 bits per heavy atom. The summed E-state index contributed by atoms with van der Waals surface area (Å²) in [5, 5.41) is 0. The molecule has 0 rings (SSSR count). The Labute approximate surface area is 188 Å². The van der Waals surface area contributed by atoms with Gasteiger partial charge in [0.1, 0.15) is 6.61 Å². The first-order valence-electron chi connectivity index (χ1n) is 11.7. The molecule has 5 nitrogen and oxygen atoms in total. The van der Waals surface area contributed by atoms with Crippen molar-refractivity contribution in [1.29, 1.82) is 0 Å². The lowest BCUT2D eigenvalue weighted by Crippen LogP contribution is -2.47. The summed E-state index contributed by atoms with van der Waals surface area (Å²) in [6.07, 6.45) is 5.36. The van der Waals surface area contributed by atoms with Gasteiger partial charge in [0.15, 0.2) is 0 Å². The average Bonchev–Trinajstić information content (AvgIpc) is 2.71. The van der Waals surface area contributed by atoms with Gasteiger partial charge in [-0.25, -0.2) is 0 Å². The van der Waals surface area contributed by atoms with Gasteiger partial charge in [-0.05, 0) is 51.4 Å². The summed E-state index contributed by atoms with van der Waals surface area (Å²) in [4.78, 5) is 12.0. The number of rotatable bonds is 18. The molecule has 0 aromatic heterocycles. The minimum atomic E-state index is -0.262. The molecule has 0 radical (unpaired) electrons. The number of carbonyl (C=O) groups is 1. The Balaban J connectivity index is 4.08. The molecule has 0 aliphatic heterocycles. The highest BCUT2D eigenvalue weighted by molar-refractivity contribution is 7.37. The molecule has 0 aliphatic rings. The smallest absolute Gasteiger partial charge is 0.308 e. The number of hydrogen-bond donors (Lipinski definition) is 0. The molecule has 30 heavy (non-hydrogen) atoms. The summed E-state index contributed by atoms with van der Waals surface area (Å²) in [5.74, 6) is 0.313. The highest BCUT2D eigenvalue weighted by Crippen LogP contribution is 2.41. The van der Waals surface area contributed by atoms with Crippen molar-refractivity contribution in [3.63, 3.8) is 0 Å². The summed E-state index contributed by atoms with van der Waals surface area (Å²) in [6, 6.07) is 0. The third-order valence-corrected chi connectivity index (χ3v) is 7.42. The van der Waals surface area contributed by atoms with Crippen molar-refractivity contribution in [2.45, 2.75) is 99.7 Å². The van der Waals surface area contributed by atoms with E-state index in [-0.39, 0.29) is 22.9 Å². The van der Waals surface area contributed by atoms with Crippen molar-refractivity contribution in [1.82, 2.24) is 0 Å². The highest BCUT2D eigenvalue weighted by atomic mass is 31.1. The maximum atomic E-state index is 12.0. The summed E-state index contributed by atoms with van der Waals surface area (Å²) in [5.41, 5.74) is -0.281. The van der Waals surface area contributed by atoms with Gasteiger partial charge in [-0.1, -0.05) is 56.5 Å². The second-order valence-electron chi connectivity index (χ2n) is 9.34. The van der Waals surface area contributed by atoms with Gasteiger partial charge >= 0.3 is 5.97 Å². The topological polar surface area (TPSA) is 54.0 Å². The summed E-state index contributed by atoms with van der Waals surface area (Å²) in [7, 11) is 0.560. The molecule has 180 valence electrons. The van der Waals surface area contributed by atoms with Crippen molar-refractivity contribution < 1.29 is 23.7 Å². The van der Waals surface area contributed by atoms with Crippen molar-refractivity contribution in [3.8, 4) is 0 Å². The second-order valence-corrected chi connectivity index (χ2v) is 10.4. The van der Waals surface area contributed by atoms with Gasteiger partial charge in [0.25, 0.3) is 0 Å². The first kappa shape index (κ1) is 29.8. The molecular weight excluding hydrogens is 399 g/mol. The minimum absolute atomic E-state index is 0.0195. The maximum Gasteiger partial charge on any atom is 0.308 e. The molecular formula is C24H49O5P. The van der Waals surface area contributed by atoms with E-state index in [0.29, 0.717) is 46.5 Å². The third-order valence-electron chi connectivity index (χ3n) is 6.66. The number of esters is 1. The molecule has 0 spiro atoms. The monoisotopic (exact) mass is 448 g/mol. The van der Waals surface area contributed by atoms with E-state index in [9.17, 15) is 4.79 Å². The fraction of sp³-hybridized carbons (Fsp3) is 0.958. The summed E-state index contributed by atoms with van der Waals surface area (Å²) < 4.78 is 23.2. The van der Waals surface area contributed by atoms with Crippen LogP contribution in [-0.4, -0.2) is 50.2 Å². The van der Waals surface area contributed by atoms with Gasteiger partial charge in [-0.2, -0.15) is 0 Å². The van der Waals surface area contributed by atoms with E-state index in [2.05, 4.69) is 55.4 Å². The Bertz CT molecular complexity index is 453. The SMILES string of the molecule is CCCC(CC)C(=O)OCCOCPCOC(C)(C)C(C)(C)C(C)COC(C)CC. The largest absolute Gasteiger partial charge is 0.463 e. The summed E-state index contributed by atoms with van der Waals surface area (Å²) in [6.45, 7) is 21.0. The van der Waals surface area contributed by atoms with Crippen molar-refractivity contribution in [3.05, 3.63) is 0 Å². The van der Waals surface area contributed by atoms with E-state index in [1.807, 2.05) is 6.92 Å². The number of carbonyl (C=O) groups excluding carboxylic acids is 1. The fourth-order valence-electron chi connectivity index (χ4n) is 2.99. The third kappa shape index (κ3) is 10.9. The molecule has 0 heterocycles. The molecule has 4 unspecified atom stereocenters. The normalized spacial score (nSPS) is 16.0. The van der Waals surface area contributed by atoms with E-state index in [4.69, 9.17) is 18.9 Å². The zero-order valence-electron chi connectivity index (χ0n) is 21.1. The van der Waals surface area contributed by atoms with Gasteiger partial charge in [0, 0.05) is 0 Å². The second kappa shape index (κ2) is 15.6. The highest BCUT2D eigenvalue weighted by Gasteiger charge is 2.42. The van der Waals surface area contributed by atoms with E-state index < -0.39 is 0 Å². The molecule has 0 aliphatic carbocycles. The van der Waals surface area contributed by atoms with Gasteiger partial charge in [-0.15, -0.1) is 0 Å². The quantitative estimate of drug-likeness (QED) is 0.141. The minimum Gasteiger partial charge on any atom is -0.463 e. The van der Waals surface area contributed by atoms with Gasteiger partial charge < -0.3 is 18.9 Å². The van der Waals surface area contributed by atoms with Crippen LogP contribution < -0.4 is 0 Å². The molecule has 4 atom stereocenters. The lowest BCUT2D eigenvalue weighted by atomic mass is 9.68. The van der Waals surface area contributed by atoms with Gasteiger partial charge in [-0.3, -0.25) is 4.79 Å². The van der Waals surface area contributed by atoms with Crippen LogP contribution in [0.3, 0.4) is 0 Å². The van der Waals surface area contributed by atoms with Crippen LogP contribution in [0, 0.1) is 17.3 Å². The lowest BCUT2D eigenvalue weighted by molar-refractivity contribution is -0.150. The Morgan fingerprint density at radius 3 is 2.20 bits per heavy atom. The first-order valence-corrected chi connectivity index (χ1v) is 13.1. The molecule has 0 aromatic carbocycles. The van der Waals surface area contributed by atoms with Gasteiger partial charge in [0.2, 0.25) is 0 Å². The van der Waals surface area contributed by atoms with Crippen LogP contribution in [0.15, 0.2) is 0 Å². The predicted octanol–water partition coefficient (Wildman–Crippen LogP) is 6.24. The first-order chi connectivity index (χ1) is 14.0. The predicted molar refractivity (Wildman–Crippen MR) is 127 cm³/mol. The van der Waals surface area contributed by atoms with Crippen LogP contribution >= 0.6 is 8.58 Å². The van der Waals surface area contributed by atoms with Crippen molar-refractivity contribution >= 4 is 14.6 Å². The van der Waals surface area contributed by atoms with Crippen LogP contribution in [0.1, 0.15) is 88.0 Å². The van der Waals surface area contributed by atoms with Crippen molar-refractivity contribution in [2.24, 2.45) is 17.3 Å². The van der Waals surface area contributed by atoms with Crippen LogP contribution in [-0.2, 0) is 23.7 Å². The van der Waals surface area contributed by atoms with Crippen molar-refractivity contribution in [2.75, 3.05) is 32.5 Å². The molecule has 0 bridgehead atoms. The maximum absolute atomic E-state index is 12.0. The number of ether oxygens (including phenoxy) is 4. The molecule has 0 aromatic rings. The summed E-state index contributed by atoms with van der Waals surface area (Å²) >= 11 is 0. The molecule has 0 fully saturated rings. The average molecular weight is 449 g/mol. The number of hydrogen-bond acceptors (Lipinski definition) is 5. The van der Waals surface area contributed by atoms with Crippen LogP contribution in [0.25, 0.3) is 0 Å². The van der Waals surface area contributed by atoms with E-state index in [1.165, 1.54) is 0 Å². The van der Waals surface area contributed by atoms with Crippen LogP contribution in [0.2, 0.25) is 0 Å². The molecule has 0 amide bonds. The standard InChI is InChI=1S/C24H49O5P/c1-10-13-21(12-3)22(25)27-15-14-26-17-30-18-29-24(8,9)23(6,7)19(4)16-28-20(5)11-2/h19-21,30H,10-18H2,1-9H3. The van der Waals surface area contributed by atoms with E-state index >= 15 is 0 Å². The Hall–Kier alpha value is -0.220. The lowest BCUT2D eigenvalue weighted by Gasteiger charge is -2.45. The molecule has 0 saturated carbocycles. The van der Waals surface area contributed by atoms with Gasteiger partial charge in [0.05, 0.1) is 43.5 Å². The van der Waals surface area contributed by atoms with Crippen LogP contribution in [0.5, 0.6) is 0 Å².